The molecule has 3 rings (SSSR count). The van der Waals surface area contributed by atoms with Gasteiger partial charge in [0.1, 0.15) is 16.4 Å². The largest absolute Gasteiger partial charge is 0.350 e. The Hall–Kier alpha value is -1.26. The van der Waals surface area contributed by atoms with E-state index < -0.39 is 0 Å². The van der Waals surface area contributed by atoms with Crippen molar-refractivity contribution in [2.45, 2.75) is 18.5 Å². The molecular weight excluding hydrogens is 230 g/mol. The summed E-state index contributed by atoms with van der Waals surface area (Å²) in [6.45, 7) is 2.00. The second-order valence-corrected chi connectivity index (χ2v) is 4.97. The number of benzene rings is 1. The molecule has 1 aromatic rings. The smallest absolute Gasteiger partial charge is 0.133 e. The molecule has 0 atom stereocenters. The number of nitrogens with one attached hydrogen (secondary N) is 2. The molecule has 0 saturated carbocycles. The quantitative estimate of drug-likeness (QED) is 0.736. The molecule has 0 aromatic heterocycles. The molecule has 1 aromatic carbocycles. The third-order valence-electron chi connectivity index (χ3n) is 3.37. The molecule has 1 saturated heterocycles. The Morgan fingerprint density at radius 1 is 1.12 bits per heavy atom. The van der Waals surface area contributed by atoms with Crippen LogP contribution < -0.4 is 10.6 Å². The normalized spacial score (nSPS) is 22.4. The molecular formula is C13H15N3S. The number of rotatable bonds is 1. The molecule has 0 radical (unpaired) electrons. The van der Waals surface area contributed by atoms with Gasteiger partial charge in [0.15, 0.2) is 0 Å². The van der Waals surface area contributed by atoms with Gasteiger partial charge < -0.3 is 10.6 Å². The first kappa shape index (κ1) is 10.9. The van der Waals surface area contributed by atoms with E-state index in [0.717, 1.165) is 42.2 Å². The van der Waals surface area contributed by atoms with Crippen molar-refractivity contribution in [1.29, 1.82) is 0 Å². The fraction of sp³-hybridized carbons (Fsp3) is 0.385. The average molecular weight is 245 g/mol. The summed E-state index contributed by atoms with van der Waals surface area (Å²) in [5, 5.41) is 6.76. The third kappa shape index (κ3) is 1.98. The van der Waals surface area contributed by atoms with Crippen LogP contribution in [0.3, 0.4) is 0 Å². The lowest BCUT2D eigenvalue weighted by atomic mass is 10.00. The molecule has 3 nitrogen and oxygen atoms in total. The lowest BCUT2D eigenvalue weighted by Gasteiger charge is -2.31. The van der Waals surface area contributed by atoms with E-state index in [1.807, 2.05) is 18.2 Å². The number of thiocarbonyl (C=S) groups is 1. The fourth-order valence-corrected chi connectivity index (χ4v) is 2.79. The summed E-state index contributed by atoms with van der Waals surface area (Å²) >= 11 is 5.41. The topological polar surface area (TPSA) is 36.4 Å². The molecule has 88 valence electrons. The van der Waals surface area contributed by atoms with Crippen LogP contribution in [-0.2, 0) is 0 Å². The minimum atomic E-state index is -0.145. The highest BCUT2D eigenvalue weighted by atomic mass is 32.1. The van der Waals surface area contributed by atoms with Gasteiger partial charge >= 0.3 is 0 Å². The fourth-order valence-electron chi connectivity index (χ4n) is 2.43. The molecule has 2 aliphatic rings. The first-order valence-corrected chi connectivity index (χ1v) is 6.38. The second-order valence-electron chi connectivity index (χ2n) is 4.56. The van der Waals surface area contributed by atoms with Gasteiger partial charge in [0.2, 0.25) is 0 Å². The summed E-state index contributed by atoms with van der Waals surface area (Å²) in [7, 11) is 0. The maximum atomic E-state index is 5.41. The van der Waals surface area contributed by atoms with E-state index in [1.54, 1.807) is 0 Å². The van der Waals surface area contributed by atoms with E-state index in [1.165, 1.54) is 0 Å². The SMILES string of the molecule is S=C1NC2(CCNCC2)N=C1c1ccccc1. The van der Waals surface area contributed by atoms with Gasteiger partial charge in [0, 0.05) is 18.4 Å². The van der Waals surface area contributed by atoms with Crippen molar-refractivity contribution in [3.05, 3.63) is 35.9 Å². The minimum absolute atomic E-state index is 0.145. The van der Waals surface area contributed by atoms with E-state index in [9.17, 15) is 0 Å². The van der Waals surface area contributed by atoms with Crippen molar-refractivity contribution in [3.8, 4) is 0 Å². The zero-order valence-electron chi connectivity index (χ0n) is 9.57. The summed E-state index contributed by atoms with van der Waals surface area (Å²) in [6, 6.07) is 10.2. The average Bonchev–Trinajstić information content (AvgIpc) is 2.68. The van der Waals surface area contributed by atoms with Crippen LogP contribution >= 0.6 is 12.2 Å². The highest BCUT2D eigenvalue weighted by Crippen LogP contribution is 2.26. The molecule has 0 unspecified atom stereocenters. The summed E-state index contributed by atoms with van der Waals surface area (Å²) in [6.07, 6.45) is 2.01. The Morgan fingerprint density at radius 2 is 1.82 bits per heavy atom. The molecule has 1 fully saturated rings. The van der Waals surface area contributed by atoms with Crippen molar-refractivity contribution >= 4 is 22.9 Å². The Morgan fingerprint density at radius 3 is 2.53 bits per heavy atom. The van der Waals surface area contributed by atoms with Crippen LogP contribution in [0.5, 0.6) is 0 Å². The zero-order valence-corrected chi connectivity index (χ0v) is 10.4. The highest BCUT2D eigenvalue weighted by molar-refractivity contribution is 7.82. The Bertz CT molecular complexity index is 461. The van der Waals surface area contributed by atoms with Crippen LogP contribution in [0.4, 0.5) is 0 Å². The Kier molecular flexibility index (Phi) is 2.68. The van der Waals surface area contributed by atoms with Gasteiger partial charge in [-0.2, -0.15) is 0 Å². The lowest BCUT2D eigenvalue weighted by Crippen LogP contribution is -2.49. The van der Waals surface area contributed by atoms with E-state index in [-0.39, 0.29) is 5.66 Å². The van der Waals surface area contributed by atoms with Crippen LogP contribution in [0.1, 0.15) is 18.4 Å². The predicted molar refractivity (Wildman–Crippen MR) is 73.5 cm³/mol. The van der Waals surface area contributed by atoms with Crippen molar-refractivity contribution in [1.82, 2.24) is 10.6 Å². The van der Waals surface area contributed by atoms with Crippen molar-refractivity contribution < 1.29 is 0 Å². The molecule has 0 bridgehead atoms. The molecule has 2 aliphatic heterocycles. The molecule has 2 N–H and O–H groups in total. The van der Waals surface area contributed by atoms with Crippen LogP contribution in [0.2, 0.25) is 0 Å². The van der Waals surface area contributed by atoms with E-state index >= 15 is 0 Å². The monoisotopic (exact) mass is 245 g/mol. The first-order chi connectivity index (χ1) is 8.29. The Labute approximate surface area is 106 Å². The van der Waals surface area contributed by atoms with Gasteiger partial charge in [-0.3, -0.25) is 4.99 Å². The summed E-state index contributed by atoms with van der Waals surface area (Å²) < 4.78 is 0. The van der Waals surface area contributed by atoms with Crippen molar-refractivity contribution in [2.75, 3.05) is 13.1 Å². The summed E-state index contributed by atoms with van der Waals surface area (Å²) in [5.74, 6) is 0. The van der Waals surface area contributed by atoms with E-state index in [0.29, 0.717) is 0 Å². The second kappa shape index (κ2) is 4.20. The molecule has 2 heterocycles. The van der Waals surface area contributed by atoms with Gasteiger partial charge in [-0.1, -0.05) is 42.5 Å². The van der Waals surface area contributed by atoms with Gasteiger partial charge in [0.05, 0.1) is 0 Å². The molecule has 0 amide bonds. The summed E-state index contributed by atoms with van der Waals surface area (Å²) in [5.41, 5.74) is 1.91. The van der Waals surface area contributed by atoms with Gasteiger partial charge in [-0.25, -0.2) is 0 Å². The lowest BCUT2D eigenvalue weighted by molar-refractivity contribution is 0.300. The third-order valence-corrected chi connectivity index (χ3v) is 3.66. The van der Waals surface area contributed by atoms with Crippen LogP contribution in [0.15, 0.2) is 35.3 Å². The number of hydrogen-bond acceptors (Lipinski definition) is 3. The standard InChI is InChI=1S/C13H15N3S/c17-12-11(10-4-2-1-3-5-10)15-13(16-12)6-8-14-9-7-13/h1-5,14H,6-9H2,(H,16,17). The maximum absolute atomic E-state index is 5.41. The molecule has 4 heteroatoms. The highest BCUT2D eigenvalue weighted by Gasteiger charge is 2.38. The van der Waals surface area contributed by atoms with Crippen LogP contribution in [-0.4, -0.2) is 29.5 Å². The van der Waals surface area contributed by atoms with Crippen LogP contribution in [0.25, 0.3) is 0 Å². The van der Waals surface area contributed by atoms with Crippen molar-refractivity contribution in [2.24, 2.45) is 4.99 Å². The van der Waals surface area contributed by atoms with E-state index in [2.05, 4.69) is 22.8 Å². The zero-order chi connectivity index (χ0) is 11.7. The predicted octanol–water partition coefficient (Wildman–Crippen LogP) is 1.49. The van der Waals surface area contributed by atoms with E-state index in [4.69, 9.17) is 17.2 Å². The van der Waals surface area contributed by atoms with Crippen molar-refractivity contribution in [3.63, 3.8) is 0 Å². The van der Waals surface area contributed by atoms with Gasteiger partial charge in [0.25, 0.3) is 0 Å². The first-order valence-electron chi connectivity index (χ1n) is 5.98. The molecule has 0 aliphatic carbocycles. The van der Waals surface area contributed by atoms with Gasteiger partial charge in [-0.05, 0) is 13.1 Å². The number of aliphatic imine (C=N–C) groups is 1. The number of piperidine rings is 1. The minimum Gasteiger partial charge on any atom is -0.350 e. The molecule has 1 spiro atoms. The number of nitrogens with zero attached hydrogens (tertiary/aromatic N) is 1. The molecule has 17 heavy (non-hydrogen) atoms. The Balaban J connectivity index is 1.94. The van der Waals surface area contributed by atoms with Gasteiger partial charge in [-0.15, -0.1) is 0 Å². The summed E-state index contributed by atoms with van der Waals surface area (Å²) in [4.78, 5) is 5.64. The number of hydrogen-bond donors (Lipinski definition) is 2. The van der Waals surface area contributed by atoms with Crippen LogP contribution in [0, 0.1) is 0 Å². The maximum Gasteiger partial charge on any atom is 0.133 e.